The third-order valence-electron chi connectivity index (χ3n) is 7.31. The molecule has 4 N–H and O–H groups in total. The summed E-state index contributed by atoms with van der Waals surface area (Å²) in [5, 5.41) is 14.5. The van der Waals surface area contributed by atoms with Gasteiger partial charge in [-0.1, -0.05) is 12.1 Å². The lowest BCUT2D eigenvalue weighted by Crippen LogP contribution is -2.46. The summed E-state index contributed by atoms with van der Waals surface area (Å²) < 4.78 is 21.8. The van der Waals surface area contributed by atoms with Crippen LogP contribution >= 0.6 is 0 Å². The Hall–Kier alpha value is -4.03. The van der Waals surface area contributed by atoms with E-state index in [0.717, 1.165) is 50.5 Å². The van der Waals surface area contributed by atoms with Crippen molar-refractivity contribution in [2.75, 3.05) is 37.4 Å². The van der Waals surface area contributed by atoms with Gasteiger partial charge in [-0.05, 0) is 38.4 Å². The fraction of sp³-hybridized carbons (Fsp3) is 0.385. The molecule has 0 radical (unpaired) electrons. The van der Waals surface area contributed by atoms with Crippen molar-refractivity contribution in [2.45, 2.75) is 31.3 Å². The highest BCUT2D eigenvalue weighted by atomic mass is 19.1. The minimum Gasteiger partial charge on any atom is -0.478 e. The molecule has 2 aliphatic heterocycles. The summed E-state index contributed by atoms with van der Waals surface area (Å²) in [7, 11) is 3.28. The highest BCUT2D eigenvalue weighted by Crippen LogP contribution is 2.34. The molecule has 6 rings (SSSR count). The average molecular weight is 520 g/mol. The molecule has 2 saturated heterocycles. The number of hydrogen-bond acceptors (Lipinski definition) is 8. The minimum atomic E-state index is -0.559. The number of rotatable bonds is 7. The molecule has 38 heavy (non-hydrogen) atoms. The van der Waals surface area contributed by atoms with Gasteiger partial charge in [-0.2, -0.15) is 0 Å². The van der Waals surface area contributed by atoms with Crippen LogP contribution in [0, 0.1) is 5.82 Å². The number of aromatic amines is 1. The summed E-state index contributed by atoms with van der Waals surface area (Å²) in [6.07, 6.45) is 7.48. The lowest BCUT2D eigenvalue weighted by atomic mass is 10.1. The summed E-state index contributed by atoms with van der Waals surface area (Å²) >= 11 is 0. The molecule has 2 atom stereocenters. The third kappa shape index (κ3) is 4.45. The molecule has 2 fully saturated rings. The van der Waals surface area contributed by atoms with E-state index in [-0.39, 0.29) is 23.6 Å². The number of H-pyrrole nitrogens is 1. The van der Waals surface area contributed by atoms with Gasteiger partial charge in [-0.25, -0.2) is 14.4 Å². The number of hydrogen-bond donors (Lipinski definition) is 4. The van der Waals surface area contributed by atoms with Crippen molar-refractivity contribution in [1.82, 2.24) is 34.9 Å². The standard InChI is InChI=1S/C26H30FN9O2/c1-35-14-20(25(34-35)38-2)32-26-30-13-18(27)22(33-26)17-12-29-23-16(17)5-3-6-19(23)31-24(37)21-7-4-10-36(21)15-8-9-28-11-15/h3,5-6,12-15,21,28-29H,4,7-11H2,1-2H3,(H,31,37)(H,30,32,33)/t15-,21-/m1/s1. The van der Waals surface area contributed by atoms with Crippen molar-refractivity contribution in [3.8, 4) is 17.1 Å². The Bertz CT molecular complexity index is 1480. The number of nitrogens with zero attached hydrogens (tertiary/aromatic N) is 5. The van der Waals surface area contributed by atoms with Crippen LogP contribution in [0.3, 0.4) is 0 Å². The zero-order valence-electron chi connectivity index (χ0n) is 21.3. The fourth-order valence-corrected chi connectivity index (χ4v) is 5.54. The molecule has 0 spiro atoms. The molecule has 198 valence electrons. The van der Waals surface area contributed by atoms with Crippen LogP contribution in [-0.2, 0) is 11.8 Å². The molecule has 1 aromatic carbocycles. The maximum Gasteiger partial charge on any atom is 0.256 e. The Morgan fingerprint density at radius 2 is 2.16 bits per heavy atom. The number of para-hydroxylation sites is 1. The quantitative estimate of drug-likeness (QED) is 0.294. The number of amides is 1. The SMILES string of the molecule is COc1nn(C)cc1Nc1ncc(F)c(-c2c[nH]c3c(NC(=O)[C@H]4CCCN4[C@@H]4CCNC4)cccc23)n1. The van der Waals surface area contributed by atoms with Gasteiger partial charge >= 0.3 is 0 Å². The smallest absolute Gasteiger partial charge is 0.256 e. The van der Waals surface area contributed by atoms with Gasteiger partial charge < -0.3 is 25.7 Å². The van der Waals surface area contributed by atoms with Crippen molar-refractivity contribution in [3.05, 3.63) is 42.6 Å². The number of ether oxygens (including phenoxy) is 1. The number of fused-ring (bicyclic) bond motifs is 1. The largest absolute Gasteiger partial charge is 0.478 e. The number of anilines is 3. The first kappa shape index (κ1) is 24.3. The Balaban J connectivity index is 1.27. The van der Waals surface area contributed by atoms with Crippen LogP contribution in [0.25, 0.3) is 22.2 Å². The van der Waals surface area contributed by atoms with Crippen molar-refractivity contribution >= 4 is 34.1 Å². The number of aromatic nitrogens is 5. The molecule has 2 aliphatic rings. The number of methoxy groups -OCH3 is 1. The van der Waals surface area contributed by atoms with E-state index in [2.05, 4.69) is 40.9 Å². The second-order valence-electron chi connectivity index (χ2n) is 9.70. The molecule has 12 heteroatoms. The van der Waals surface area contributed by atoms with E-state index in [4.69, 9.17) is 4.74 Å². The van der Waals surface area contributed by atoms with Crippen molar-refractivity contribution in [3.63, 3.8) is 0 Å². The maximum atomic E-state index is 15.0. The molecule has 0 unspecified atom stereocenters. The number of nitrogens with one attached hydrogen (secondary N) is 4. The van der Waals surface area contributed by atoms with E-state index in [0.29, 0.717) is 34.4 Å². The summed E-state index contributed by atoms with van der Waals surface area (Å²) in [5.41, 5.74) is 2.63. The van der Waals surface area contributed by atoms with Crippen LogP contribution < -0.4 is 20.7 Å². The number of aryl methyl sites for hydroxylation is 1. The minimum absolute atomic E-state index is 0.0110. The van der Waals surface area contributed by atoms with Crippen molar-refractivity contribution in [1.29, 1.82) is 0 Å². The topological polar surface area (TPSA) is 125 Å². The molecule has 5 heterocycles. The lowest BCUT2D eigenvalue weighted by Gasteiger charge is -2.29. The molecule has 0 saturated carbocycles. The maximum absolute atomic E-state index is 15.0. The number of benzene rings is 1. The molecule has 3 aromatic heterocycles. The van der Waals surface area contributed by atoms with Crippen LogP contribution in [0.15, 0.2) is 36.8 Å². The Morgan fingerprint density at radius 1 is 1.26 bits per heavy atom. The normalized spacial score (nSPS) is 19.8. The summed E-state index contributed by atoms with van der Waals surface area (Å²) in [6, 6.07) is 5.83. The molecule has 11 nitrogen and oxygen atoms in total. The molecular weight excluding hydrogens is 489 g/mol. The number of halogens is 1. The molecule has 4 aromatic rings. The van der Waals surface area contributed by atoms with Gasteiger partial charge in [-0.15, -0.1) is 5.10 Å². The van der Waals surface area contributed by atoms with E-state index in [1.165, 1.54) is 7.11 Å². The predicted octanol–water partition coefficient (Wildman–Crippen LogP) is 3.01. The first-order valence-corrected chi connectivity index (χ1v) is 12.8. The van der Waals surface area contributed by atoms with Gasteiger partial charge in [0.05, 0.1) is 36.7 Å². The first-order chi connectivity index (χ1) is 18.5. The first-order valence-electron chi connectivity index (χ1n) is 12.8. The van der Waals surface area contributed by atoms with Crippen LogP contribution in [0.1, 0.15) is 19.3 Å². The highest BCUT2D eigenvalue weighted by molar-refractivity contribution is 6.06. The Labute approximate surface area is 218 Å². The second kappa shape index (κ2) is 10.0. The molecule has 1 amide bonds. The van der Waals surface area contributed by atoms with E-state index >= 15 is 0 Å². The van der Waals surface area contributed by atoms with Gasteiger partial charge in [0.1, 0.15) is 11.4 Å². The number of carbonyl (C=O) groups is 1. The average Bonchev–Trinajstić information content (AvgIpc) is 3.71. The Kier molecular flexibility index (Phi) is 6.42. The van der Waals surface area contributed by atoms with Crippen molar-refractivity contribution < 1.29 is 13.9 Å². The molecular formula is C26H30FN9O2. The van der Waals surface area contributed by atoms with Crippen LogP contribution in [0.2, 0.25) is 0 Å². The van der Waals surface area contributed by atoms with Crippen molar-refractivity contribution in [2.24, 2.45) is 7.05 Å². The van der Waals surface area contributed by atoms with Crippen LogP contribution in [0.5, 0.6) is 5.88 Å². The Morgan fingerprint density at radius 3 is 2.97 bits per heavy atom. The predicted molar refractivity (Wildman–Crippen MR) is 142 cm³/mol. The summed E-state index contributed by atoms with van der Waals surface area (Å²) in [6.45, 7) is 2.86. The third-order valence-corrected chi connectivity index (χ3v) is 7.31. The van der Waals surface area contributed by atoms with Gasteiger partial charge in [0.15, 0.2) is 5.82 Å². The van der Waals surface area contributed by atoms with Crippen LogP contribution in [0.4, 0.5) is 21.7 Å². The zero-order chi connectivity index (χ0) is 26.2. The molecule has 0 bridgehead atoms. The fourth-order valence-electron chi connectivity index (χ4n) is 5.54. The van der Waals surface area contributed by atoms with Gasteiger partial charge in [0.25, 0.3) is 5.88 Å². The van der Waals surface area contributed by atoms with Gasteiger partial charge in [0.2, 0.25) is 11.9 Å². The lowest BCUT2D eigenvalue weighted by molar-refractivity contribution is -0.120. The van der Waals surface area contributed by atoms with E-state index in [9.17, 15) is 9.18 Å². The van der Waals surface area contributed by atoms with E-state index in [1.807, 2.05) is 18.2 Å². The number of carbonyl (C=O) groups excluding carboxylic acids is 1. The van der Waals surface area contributed by atoms with Gasteiger partial charge in [0, 0.05) is 36.8 Å². The highest BCUT2D eigenvalue weighted by Gasteiger charge is 2.36. The van der Waals surface area contributed by atoms with Gasteiger partial charge in [-0.3, -0.25) is 14.4 Å². The second-order valence-corrected chi connectivity index (χ2v) is 9.70. The monoisotopic (exact) mass is 519 g/mol. The van der Waals surface area contributed by atoms with Crippen LogP contribution in [-0.4, -0.2) is 74.4 Å². The summed E-state index contributed by atoms with van der Waals surface area (Å²) in [5.74, 6) is 0.00712. The van der Waals surface area contributed by atoms with E-state index < -0.39 is 5.82 Å². The molecule has 0 aliphatic carbocycles. The summed E-state index contributed by atoms with van der Waals surface area (Å²) in [4.78, 5) is 27.4. The van der Waals surface area contributed by atoms with E-state index in [1.54, 1.807) is 24.1 Å². The zero-order valence-corrected chi connectivity index (χ0v) is 21.3. The number of likely N-dealkylation sites (tertiary alicyclic amines) is 1.